The summed E-state index contributed by atoms with van der Waals surface area (Å²) in [7, 11) is 3.18. The summed E-state index contributed by atoms with van der Waals surface area (Å²) >= 11 is 0. The molecule has 2 rings (SSSR count). The minimum absolute atomic E-state index is 0.623. The molecule has 0 aliphatic heterocycles. The van der Waals surface area contributed by atoms with Crippen molar-refractivity contribution in [2.75, 3.05) is 20.0 Å². The first-order chi connectivity index (χ1) is 9.63. The van der Waals surface area contributed by atoms with Crippen molar-refractivity contribution in [3.8, 4) is 11.5 Å². The lowest BCUT2D eigenvalue weighted by Gasteiger charge is -2.07. The van der Waals surface area contributed by atoms with E-state index in [4.69, 9.17) is 15.2 Å². The van der Waals surface area contributed by atoms with E-state index in [0.29, 0.717) is 22.9 Å². The molecule has 2 N–H and O–H groups in total. The van der Waals surface area contributed by atoms with E-state index in [1.807, 2.05) is 25.1 Å². The molecule has 5 heteroatoms. The first kappa shape index (κ1) is 13.9. The Bertz CT molecular complexity index is 639. The molecule has 0 amide bonds. The predicted octanol–water partition coefficient (Wildman–Crippen LogP) is 4.01. The summed E-state index contributed by atoms with van der Waals surface area (Å²) in [5.41, 5.74) is 8.88. The third-order valence-corrected chi connectivity index (χ3v) is 2.86. The normalized spacial score (nSPS) is 10.8. The highest BCUT2D eigenvalue weighted by Crippen LogP contribution is 2.32. The van der Waals surface area contributed by atoms with E-state index in [1.165, 1.54) is 0 Å². The maximum absolute atomic E-state index is 5.70. The summed E-state index contributed by atoms with van der Waals surface area (Å²) in [4.78, 5) is 0. The zero-order chi connectivity index (χ0) is 14.5. The highest BCUT2D eigenvalue weighted by molar-refractivity contribution is 5.55. The minimum Gasteiger partial charge on any atom is -0.493 e. The Hall–Kier alpha value is -2.56. The number of methoxy groups -OCH3 is 2. The standard InChI is InChI=1S/C15H17N3O2/c1-10-8-11(16)4-6-13(10)18-17-12-5-7-14(19-2)15(9-12)20-3/h4-9H,16H2,1-3H3/b18-17+. The van der Waals surface area contributed by atoms with Crippen molar-refractivity contribution in [2.45, 2.75) is 6.92 Å². The molecule has 104 valence electrons. The fourth-order valence-corrected chi connectivity index (χ4v) is 1.79. The van der Waals surface area contributed by atoms with E-state index in [-0.39, 0.29) is 0 Å². The summed E-state index contributed by atoms with van der Waals surface area (Å²) in [5.74, 6) is 1.29. The van der Waals surface area contributed by atoms with Gasteiger partial charge < -0.3 is 15.2 Å². The highest BCUT2D eigenvalue weighted by atomic mass is 16.5. The van der Waals surface area contributed by atoms with Crippen molar-refractivity contribution in [3.05, 3.63) is 42.0 Å². The van der Waals surface area contributed by atoms with Crippen LogP contribution in [0.5, 0.6) is 11.5 Å². The lowest BCUT2D eigenvalue weighted by atomic mass is 10.2. The molecule has 0 saturated heterocycles. The van der Waals surface area contributed by atoms with Gasteiger partial charge in [-0.3, -0.25) is 0 Å². The smallest absolute Gasteiger partial charge is 0.162 e. The maximum Gasteiger partial charge on any atom is 0.162 e. The van der Waals surface area contributed by atoms with Crippen LogP contribution in [0, 0.1) is 6.92 Å². The van der Waals surface area contributed by atoms with Gasteiger partial charge in [-0.2, -0.15) is 10.2 Å². The second-order valence-electron chi connectivity index (χ2n) is 4.29. The molecule has 20 heavy (non-hydrogen) atoms. The topological polar surface area (TPSA) is 69.2 Å². The molecule has 0 aliphatic carbocycles. The van der Waals surface area contributed by atoms with Crippen LogP contribution < -0.4 is 15.2 Å². The average molecular weight is 271 g/mol. The predicted molar refractivity (Wildman–Crippen MR) is 79.3 cm³/mol. The number of nitrogens with two attached hydrogens (primary N) is 1. The molecular formula is C15H17N3O2. The van der Waals surface area contributed by atoms with Gasteiger partial charge in [0.25, 0.3) is 0 Å². The van der Waals surface area contributed by atoms with Gasteiger partial charge >= 0.3 is 0 Å². The van der Waals surface area contributed by atoms with Crippen molar-refractivity contribution in [2.24, 2.45) is 10.2 Å². The Kier molecular flexibility index (Phi) is 4.20. The van der Waals surface area contributed by atoms with Gasteiger partial charge in [0.1, 0.15) is 0 Å². The Labute approximate surface area is 118 Å². The van der Waals surface area contributed by atoms with Crippen LogP contribution in [0.15, 0.2) is 46.6 Å². The molecule has 2 aromatic rings. The lowest BCUT2D eigenvalue weighted by Crippen LogP contribution is -1.89. The van der Waals surface area contributed by atoms with Crippen LogP contribution >= 0.6 is 0 Å². The number of aryl methyl sites for hydroxylation is 1. The van der Waals surface area contributed by atoms with Gasteiger partial charge in [-0.1, -0.05) is 0 Å². The third-order valence-electron chi connectivity index (χ3n) is 2.86. The number of ether oxygens (including phenoxy) is 2. The second-order valence-corrected chi connectivity index (χ2v) is 4.29. The highest BCUT2D eigenvalue weighted by Gasteiger charge is 2.04. The van der Waals surface area contributed by atoms with E-state index in [1.54, 1.807) is 32.4 Å². The van der Waals surface area contributed by atoms with E-state index >= 15 is 0 Å². The number of nitrogens with zero attached hydrogens (tertiary/aromatic N) is 2. The van der Waals surface area contributed by atoms with Gasteiger partial charge in [0.05, 0.1) is 25.6 Å². The number of hydrogen-bond donors (Lipinski definition) is 1. The van der Waals surface area contributed by atoms with Crippen LogP contribution in [0.3, 0.4) is 0 Å². The minimum atomic E-state index is 0.623. The van der Waals surface area contributed by atoms with Crippen molar-refractivity contribution in [1.82, 2.24) is 0 Å². The molecule has 2 aromatic carbocycles. The molecule has 0 atom stereocenters. The molecule has 0 aliphatic rings. The number of azo groups is 1. The van der Waals surface area contributed by atoms with Gasteiger partial charge in [-0.15, -0.1) is 0 Å². The Morgan fingerprint density at radius 1 is 0.900 bits per heavy atom. The third kappa shape index (κ3) is 3.06. The van der Waals surface area contributed by atoms with Crippen molar-refractivity contribution < 1.29 is 9.47 Å². The SMILES string of the molecule is COc1ccc(/N=N/c2ccc(N)cc2C)cc1OC. The van der Waals surface area contributed by atoms with Crippen LogP contribution in [0.25, 0.3) is 0 Å². The molecule has 0 heterocycles. The Morgan fingerprint density at radius 2 is 1.65 bits per heavy atom. The quantitative estimate of drug-likeness (QED) is 0.674. The summed E-state index contributed by atoms with van der Waals surface area (Å²) < 4.78 is 10.4. The van der Waals surface area contributed by atoms with Crippen molar-refractivity contribution in [1.29, 1.82) is 0 Å². The summed E-state index contributed by atoms with van der Waals surface area (Å²) in [6.45, 7) is 1.94. The van der Waals surface area contributed by atoms with Crippen LogP contribution in [0.2, 0.25) is 0 Å². The first-order valence-corrected chi connectivity index (χ1v) is 6.14. The summed E-state index contributed by atoms with van der Waals surface area (Å²) in [5, 5.41) is 8.42. The number of nitrogen functional groups attached to an aromatic ring is 1. The molecule has 0 aromatic heterocycles. The van der Waals surface area contributed by atoms with E-state index < -0.39 is 0 Å². The molecule has 0 saturated carbocycles. The molecule has 0 radical (unpaired) electrons. The van der Waals surface area contributed by atoms with Gasteiger partial charge in [0, 0.05) is 11.8 Å². The lowest BCUT2D eigenvalue weighted by molar-refractivity contribution is 0.355. The molecule has 0 spiro atoms. The largest absolute Gasteiger partial charge is 0.493 e. The summed E-state index contributed by atoms with van der Waals surface area (Å²) in [6.07, 6.45) is 0. The monoisotopic (exact) mass is 271 g/mol. The maximum atomic E-state index is 5.70. The van der Waals surface area contributed by atoms with Crippen LogP contribution in [-0.4, -0.2) is 14.2 Å². The molecule has 0 fully saturated rings. The summed E-state index contributed by atoms with van der Waals surface area (Å²) in [6, 6.07) is 10.9. The van der Waals surface area contributed by atoms with Crippen molar-refractivity contribution >= 4 is 17.1 Å². The fraction of sp³-hybridized carbons (Fsp3) is 0.200. The molecule has 5 nitrogen and oxygen atoms in total. The first-order valence-electron chi connectivity index (χ1n) is 6.14. The molecule has 0 bridgehead atoms. The molecule has 0 unspecified atom stereocenters. The van der Waals surface area contributed by atoms with Gasteiger partial charge in [0.15, 0.2) is 11.5 Å². The van der Waals surface area contributed by atoms with Crippen molar-refractivity contribution in [3.63, 3.8) is 0 Å². The van der Waals surface area contributed by atoms with Crippen LogP contribution in [0.1, 0.15) is 5.56 Å². The number of rotatable bonds is 4. The average Bonchev–Trinajstić information content (AvgIpc) is 2.46. The Balaban J connectivity index is 2.27. The van der Waals surface area contributed by atoms with E-state index in [0.717, 1.165) is 11.3 Å². The van der Waals surface area contributed by atoms with Gasteiger partial charge in [0.2, 0.25) is 0 Å². The fourth-order valence-electron chi connectivity index (χ4n) is 1.79. The van der Waals surface area contributed by atoms with Gasteiger partial charge in [-0.05, 0) is 42.8 Å². The number of anilines is 1. The zero-order valence-electron chi connectivity index (χ0n) is 11.8. The number of benzene rings is 2. The van der Waals surface area contributed by atoms with Crippen LogP contribution in [0.4, 0.5) is 17.1 Å². The van der Waals surface area contributed by atoms with Gasteiger partial charge in [-0.25, -0.2) is 0 Å². The molecular weight excluding hydrogens is 254 g/mol. The van der Waals surface area contributed by atoms with E-state index in [2.05, 4.69) is 10.2 Å². The van der Waals surface area contributed by atoms with Crippen LogP contribution in [-0.2, 0) is 0 Å². The number of hydrogen-bond acceptors (Lipinski definition) is 5. The van der Waals surface area contributed by atoms with E-state index in [9.17, 15) is 0 Å². The Morgan fingerprint density at radius 3 is 2.30 bits per heavy atom. The second kappa shape index (κ2) is 6.06. The zero-order valence-corrected chi connectivity index (χ0v) is 11.8.